The van der Waals surface area contributed by atoms with E-state index in [0.717, 1.165) is 26.4 Å². The minimum atomic E-state index is -4.34. The van der Waals surface area contributed by atoms with E-state index in [0.29, 0.717) is 22.2 Å². The van der Waals surface area contributed by atoms with Crippen molar-refractivity contribution in [3.8, 4) is 0 Å². The van der Waals surface area contributed by atoms with Crippen molar-refractivity contribution in [2.45, 2.75) is 27.2 Å². The van der Waals surface area contributed by atoms with Gasteiger partial charge in [-0.25, -0.2) is 4.98 Å². The first-order chi connectivity index (χ1) is 13.9. The third-order valence-corrected chi connectivity index (χ3v) is 7.41. The Bertz CT molecular complexity index is 1100. The Kier molecular flexibility index (Phi) is 5.84. The van der Waals surface area contributed by atoms with Gasteiger partial charge in [0, 0.05) is 12.8 Å². The van der Waals surface area contributed by atoms with E-state index in [1.54, 1.807) is 29.2 Å². The van der Waals surface area contributed by atoms with Gasteiger partial charge in [0.2, 0.25) is 0 Å². The zero-order chi connectivity index (χ0) is 20.4. The number of aromatic nitrogens is 4. The van der Waals surface area contributed by atoms with Gasteiger partial charge >= 0.3 is 6.18 Å². The van der Waals surface area contributed by atoms with Crippen molar-refractivity contribution in [1.29, 1.82) is 0 Å². The Hall–Kier alpha value is -2.04. The monoisotopic (exact) mass is 452 g/mol. The van der Waals surface area contributed by atoms with E-state index in [-0.39, 0.29) is 0 Å². The van der Waals surface area contributed by atoms with Crippen molar-refractivity contribution in [1.82, 2.24) is 19.7 Å². The molecule has 0 amide bonds. The van der Waals surface area contributed by atoms with Crippen LogP contribution in [0.3, 0.4) is 0 Å². The van der Waals surface area contributed by atoms with Crippen molar-refractivity contribution < 1.29 is 13.2 Å². The summed E-state index contributed by atoms with van der Waals surface area (Å²) in [6.07, 6.45) is -4.34. The van der Waals surface area contributed by atoms with Crippen LogP contribution in [0, 0.1) is 0 Å². The van der Waals surface area contributed by atoms with Crippen LogP contribution >= 0.6 is 34.9 Å². The molecule has 0 bridgehead atoms. The fourth-order valence-electron chi connectivity index (χ4n) is 2.62. The molecule has 4 rings (SSSR count). The molecule has 4 aromatic rings. The number of benzene rings is 2. The summed E-state index contributed by atoms with van der Waals surface area (Å²) in [5.41, 5.74) is 0.940. The third kappa shape index (κ3) is 4.76. The molecule has 0 fully saturated rings. The average molecular weight is 453 g/mol. The van der Waals surface area contributed by atoms with Crippen molar-refractivity contribution in [2.75, 3.05) is 0 Å². The zero-order valence-corrected chi connectivity index (χ0v) is 17.6. The number of thioether (sulfide) groups is 2. The maximum Gasteiger partial charge on any atom is 0.416 e. The van der Waals surface area contributed by atoms with Gasteiger partial charge in [-0.3, -0.25) is 0 Å². The topological polar surface area (TPSA) is 43.6 Å². The Labute approximate surface area is 177 Å². The van der Waals surface area contributed by atoms with E-state index in [1.807, 2.05) is 35.9 Å². The number of alkyl halides is 3. The molecule has 0 saturated carbocycles. The highest BCUT2D eigenvalue weighted by atomic mass is 32.2. The average Bonchev–Trinajstić information content (AvgIpc) is 3.27. The molecule has 0 radical (unpaired) electrons. The van der Waals surface area contributed by atoms with Crippen LogP contribution in [0.1, 0.15) is 17.0 Å². The van der Waals surface area contributed by atoms with Gasteiger partial charge in [-0.1, -0.05) is 53.9 Å². The Morgan fingerprint density at radius 3 is 2.62 bits per heavy atom. The molecule has 0 saturated heterocycles. The zero-order valence-electron chi connectivity index (χ0n) is 15.2. The van der Waals surface area contributed by atoms with Crippen LogP contribution in [-0.2, 0) is 24.7 Å². The molecule has 0 unspecified atom stereocenters. The first-order valence-electron chi connectivity index (χ1n) is 8.56. The minimum absolute atomic E-state index is 0.390. The summed E-state index contributed by atoms with van der Waals surface area (Å²) >= 11 is 4.60. The number of rotatable bonds is 6. The Morgan fingerprint density at radius 2 is 1.83 bits per heavy atom. The molecule has 0 aliphatic carbocycles. The van der Waals surface area contributed by atoms with E-state index in [2.05, 4.69) is 15.2 Å². The van der Waals surface area contributed by atoms with Crippen LogP contribution in [0.5, 0.6) is 0 Å². The fraction of sp³-hybridized carbons (Fsp3) is 0.211. The molecule has 29 heavy (non-hydrogen) atoms. The summed E-state index contributed by atoms with van der Waals surface area (Å²) in [5, 5.41) is 9.07. The quantitative estimate of drug-likeness (QED) is 0.334. The highest BCUT2D eigenvalue weighted by Gasteiger charge is 2.30. The van der Waals surface area contributed by atoms with Crippen LogP contribution < -0.4 is 0 Å². The number of hydrogen-bond donors (Lipinski definition) is 0. The van der Waals surface area contributed by atoms with Crippen molar-refractivity contribution in [2.24, 2.45) is 7.05 Å². The van der Waals surface area contributed by atoms with Crippen LogP contribution in [0.15, 0.2) is 58.0 Å². The van der Waals surface area contributed by atoms with Gasteiger partial charge < -0.3 is 4.57 Å². The predicted molar refractivity (Wildman–Crippen MR) is 111 cm³/mol. The first kappa shape index (κ1) is 20.2. The molecular weight excluding hydrogens is 437 g/mol. The lowest BCUT2D eigenvalue weighted by Gasteiger charge is -2.08. The molecule has 0 aliphatic heterocycles. The highest BCUT2D eigenvalue weighted by molar-refractivity contribution is 8.00. The Morgan fingerprint density at radius 1 is 1.00 bits per heavy atom. The van der Waals surface area contributed by atoms with Crippen molar-refractivity contribution in [3.63, 3.8) is 0 Å². The minimum Gasteiger partial charge on any atom is -0.308 e. The molecule has 0 spiro atoms. The summed E-state index contributed by atoms with van der Waals surface area (Å²) < 4.78 is 42.5. The molecule has 10 heteroatoms. The largest absolute Gasteiger partial charge is 0.416 e. The molecule has 2 aromatic carbocycles. The lowest BCUT2D eigenvalue weighted by molar-refractivity contribution is -0.137. The molecule has 0 atom stereocenters. The number of hydrogen-bond acceptors (Lipinski definition) is 6. The number of nitrogens with zero attached hydrogens (tertiary/aromatic N) is 4. The molecule has 150 valence electrons. The number of para-hydroxylation sites is 1. The normalized spacial score (nSPS) is 12.0. The highest BCUT2D eigenvalue weighted by Crippen LogP contribution is 2.33. The SMILES string of the molecule is Cn1c(CSc2nc3ccccc3s2)nnc1SCc1cccc(C(F)(F)F)c1. The second-order valence-corrected chi connectivity index (χ2v) is 9.38. The van der Waals surface area contributed by atoms with Gasteiger partial charge in [-0.2, -0.15) is 13.2 Å². The Balaban J connectivity index is 1.39. The maximum atomic E-state index is 12.9. The maximum absolute atomic E-state index is 12.9. The first-order valence-corrected chi connectivity index (χ1v) is 11.3. The molecule has 0 aliphatic rings. The molecule has 2 aromatic heterocycles. The number of fused-ring (bicyclic) bond motifs is 1. The standard InChI is InChI=1S/C19H15F3N4S3/c1-26-16(11-28-18-23-14-7-2-3-8-15(14)29-18)24-25-17(26)27-10-12-5-4-6-13(9-12)19(20,21)22/h2-9H,10-11H2,1H3. The van der Waals surface area contributed by atoms with E-state index < -0.39 is 11.7 Å². The third-order valence-electron chi connectivity index (χ3n) is 4.15. The van der Waals surface area contributed by atoms with E-state index >= 15 is 0 Å². The van der Waals surface area contributed by atoms with Gasteiger partial charge in [0.15, 0.2) is 9.50 Å². The van der Waals surface area contributed by atoms with Gasteiger partial charge in [0.25, 0.3) is 0 Å². The lowest BCUT2D eigenvalue weighted by Crippen LogP contribution is -2.05. The van der Waals surface area contributed by atoms with E-state index in [1.165, 1.54) is 23.9 Å². The van der Waals surface area contributed by atoms with Gasteiger partial charge in [0.05, 0.1) is 21.5 Å². The second kappa shape index (κ2) is 8.37. The molecule has 4 nitrogen and oxygen atoms in total. The summed E-state index contributed by atoms with van der Waals surface area (Å²) in [6, 6.07) is 13.3. The van der Waals surface area contributed by atoms with Gasteiger partial charge in [-0.15, -0.1) is 21.5 Å². The summed E-state index contributed by atoms with van der Waals surface area (Å²) in [4.78, 5) is 4.60. The predicted octanol–water partition coefficient (Wildman–Crippen LogP) is 6.03. The molecule has 0 N–H and O–H groups in total. The van der Waals surface area contributed by atoms with Crippen LogP contribution in [0.2, 0.25) is 0 Å². The second-order valence-electron chi connectivity index (χ2n) is 6.18. The van der Waals surface area contributed by atoms with E-state index in [4.69, 9.17) is 0 Å². The molecular formula is C19H15F3N4S3. The van der Waals surface area contributed by atoms with Crippen molar-refractivity contribution in [3.05, 3.63) is 65.5 Å². The lowest BCUT2D eigenvalue weighted by atomic mass is 10.1. The summed E-state index contributed by atoms with van der Waals surface area (Å²) in [6.45, 7) is 0. The summed E-state index contributed by atoms with van der Waals surface area (Å²) in [5.74, 6) is 1.80. The fourth-order valence-corrected chi connectivity index (χ4v) is 5.54. The van der Waals surface area contributed by atoms with Crippen LogP contribution in [0.25, 0.3) is 10.2 Å². The van der Waals surface area contributed by atoms with Gasteiger partial charge in [-0.05, 0) is 23.8 Å². The number of halogens is 3. The van der Waals surface area contributed by atoms with E-state index in [9.17, 15) is 13.2 Å². The molecule has 2 heterocycles. The smallest absolute Gasteiger partial charge is 0.308 e. The van der Waals surface area contributed by atoms with Crippen LogP contribution in [0.4, 0.5) is 13.2 Å². The number of thiazole rings is 1. The summed E-state index contributed by atoms with van der Waals surface area (Å²) in [7, 11) is 1.86. The van der Waals surface area contributed by atoms with Crippen molar-refractivity contribution >= 4 is 45.1 Å². The van der Waals surface area contributed by atoms with Crippen LogP contribution in [-0.4, -0.2) is 19.7 Å². The van der Waals surface area contributed by atoms with Gasteiger partial charge in [0.1, 0.15) is 5.82 Å².